The van der Waals surface area contributed by atoms with E-state index >= 15 is 0 Å². The van der Waals surface area contributed by atoms with Crippen molar-refractivity contribution in [1.82, 2.24) is 9.78 Å². The summed E-state index contributed by atoms with van der Waals surface area (Å²) < 4.78 is 21.0. The van der Waals surface area contributed by atoms with Gasteiger partial charge in [0, 0.05) is 17.6 Å². The highest BCUT2D eigenvalue weighted by atomic mass is 79.9. The lowest BCUT2D eigenvalue weighted by atomic mass is 10.2. The molecular weight excluding hydrogens is 311 g/mol. The molecule has 1 aromatic heterocycles. The molecule has 0 radical (unpaired) electrons. The van der Waals surface area contributed by atoms with E-state index in [0.717, 1.165) is 11.3 Å². The second-order valence-electron chi connectivity index (χ2n) is 4.57. The molecule has 0 amide bonds. The van der Waals surface area contributed by atoms with Crippen LogP contribution in [0.15, 0.2) is 30.5 Å². The van der Waals surface area contributed by atoms with Crippen LogP contribution in [0.3, 0.4) is 0 Å². The first kappa shape index (κ1) is 14.1. The minimum absolute atomic E-state index is 0.254. The van der Waals surface area contributed by atoms with Gasteiger partial charge in [0.15, 0.2) is 11.6 Å². The SMILES string of the molecule is CC(C)n1ccc(COc2ccc(CBr)cc2F)n1. The second-order valence-corrected chi connectivity index (χ2v) is 5.13. The molecule has 0 bridgehead atoms. The van der Waals surface area contributed by atoms with Crippen molar-refractivity contribution in [3.05, 3.63) is 47.5 Å². The van der Waals surface area contributed by atoms with Gasteiger partial charge in [-0.3, -0.25) is 4.68 Å². The van der Waals surface area contributed by atoms with Crippen molar-refractivity contribution in [2.45, 2.75) is 31.8 Å². The monoisotopic (exact) mass is 326 g/mol. The Balaban J connectivity index is 2.01. The van der Waals surface area contributed by atoms with E-state index in [9.17, 15) is 4.39 Å². The van der Waals surface area contributed by atoms with Gasteiger partial charge in [0.2, 0.25) is 0 Å². The molecule has 1 aromatic carbocycles. The molecule has 2 rings (SSSR count). The van der Waals surface area contributed by atoms with Crippen molar-refractivity contribution in [2.24, 2.45) is 0 Å². The Bertz CT molecular complexity index is 554. The van der Waals surface area contributed by atoms with Gasteiger partial charge < -0.3 is 4.74 Å². The van der Waals surface area contributed by atoms with Gasteiger partial charge in [-0.1, -0.05) is 22.0 Å². The highest BCUT2D eigenvalue weighted by Crippen LogP contribution is 2.20. The zero-order valence-corrected chi connectivity index (χ0v) is 12.5. The van der Waals surface area contributed by atoms with Crippen molar-refractivity contribution in [3.63, 3.8) is 0 Å². The van der Waals surface area contributed by atoms with Gasteiger partial charge in [-0.05, 0) is 37.6 Å². The summed E-state index contributed by atoms with van der Waals surface area (Å²) in [4.78, 5) is 0. The number of rotatable bonds is 5. The maximum atomic E-state index is 13.7. The van der Waals surface area contributed by atoms with Crippen molar-refractivity contribution in [2.75, 3.05) is 0 Å². The van der Waals surface area contributed by atoms with E-state index in [1.165, 1.54) is 6.07 Å². The number of benzene rings is 1. The molecule has 1 heterocycles. The highest BCUT2D eigenvalue weighted by molar-refractivity contribution is 9.08. The van der Waals surface area contributed by atoms with E-state index in [2.05, 4.69) is 34.9 Å². The van der Waals surface area contributed by atoms with Crippen LogP contribution in [0.25, 0.3) is 0 Å². The molecule has 5 heteroatoms. The third-order valence-corrected chi connectivity index (χ3v) is 3.37. The summed E-state index contributed by atoms with van der Waals surface area (Å²) in [5.41, 5.74) is 1.67. The van der Waals surface area contributed by atoms with Gasteiger partial charge in [-0.15, -0.1) is 0 Å². The molecule has 0 atom stereocenters. The summed E-state index contributed by atoms with van der Waals surface area (Å²) in [6.45, 7) is 4.37. The molecule has 0 aliphatic heterocycles. The summed E-state index contributed by atoms with van der Waals surface area (Å²) in [5.74, 6) is -0.0935. The first-order valence-electron chi connectivity index (χ1n) is 6.11. The molecule has 0 unspecified atom stereocenters. The van der Waals surface area contributed by atoms with Crippen molar-refractivity contribution in [3.8, 4) is 5.75 Å². The van der Waals surface area contributed by atoms with Crippen molar-refractivity contribution < 1.29 is 9.13 Å². The van der Waals surface area contributed by atoms with Gasteiger partial charge in [-0.25, -0.2) is 4.39 Å². The number of halogens is 2. The van der Waals surface area contributed by atoms with Crippen LogP contribution in [0.5, 0.6) is 5.75 Å². The number of ether oxygens (including phenoxy) is 1. The molecule has 0 aliphatic carbocycles. The van der Waals surface area contributed by atoms with Crippen LogP contribution in [-0.2, 0) is 11.9 Å². The van der Waals surface area contributed by atoms with Crippen LogP contribution in [0.1, 0.15) is 31.1 Å². The van der Waals surface area contributed by atoms with E-state index in [1.807, 2.05) is 23.0 Å². The highest BCUT2D eigenvalue weighted by Gasteiger charge is 2.07. The molecule has 0 fully saturated rings. The summed E-state index contributed by atoms with van der Waals surface area (Å²) in [5, 5.41) is 4.98. The summed E-state index contributed by atoms with van der Waals surface area (Å²) in [7, 11) is 0. The molecular formula is C14H16BrFN2O. The van der Waals surface area contributed by atoms with Crippen LogP contribution in [0.4, 0.5) is 4.39 Å². The fourth-order valence-corrected chi connectivity index (χ4v) is 1.99. The maximum absolute atomic E-state index is 13.7. The van der Waals surface area contributed by atoms with Gasteiger partial charge in [-0.2, -0.15) is 5.10 Å². The van der Waals surface area contributed by atoms with Gasteiger partial charge in [0.05, 0.1) is 5.69 Å². The molecule has 3 nitrogen and oxygen atoms in total. The lowest BCUT2D eigenvalue weighted by molar-refractivity contribution is 0.283. The third kappa shape index (κ3) is 3.56. The fourth-order valence-electron chi connectivity index (χ4n) is 1.64. The second kappa shape index (κ2) is 6.19. The van der Waals surface area contributed by atoms with Crippen molar-refractivity contribution in [1.29, 1.82) is 0 Å². The van der Waals surface area contributed by atoms with Crippen LogP contribution in [-0.4, -0.2) is 9.78 Å². The number of nitrogens with zero attached hydrogens (tertiary/aromatic N) is 2. The molecule has 2 aromatic rings. The zero-order valence-electron chi connectivity index (χ0n) is 10.9. The normalized spacial score (nSPS) is 11.0. The minimum Gasteiger partial charge on any atom is -0.484 e. The van der Waals surface area contributed by atoms with E-state index < -0.39 is 0 Å². The molecule has 0 N–H and O–H groups in total. The molecule has 19 heavy (non-hydrogen) atoms. The first-order valence-corrected chi connectivity index (χ1v) is 7.23. The van der Waals surface area contributed by atoms with Crippen LogP contribution in [0.2, 0.25) is 0 Å². The average molecular weight is 327 g/mol. The minimum atomic E-state index is -0.347. The first-order chi connectivity index (χ1) is 9.10. The Morgan fingerprint density at radius 1 is 1.37 bits per heavy atom. The zero-order chi connectivity index (χ0) is 13.8. The summed E-state index contributed by atoms with van der Waals surface area (Å²) in [6.07, 6.45) is 1.90. The van der Waals surface area contributed by atoms with E-state index in [0.29, 0.717) is 11.4 Å². The molecule has 0 saturated heterocycles. The van der Waals surface area contributed by atoms with E-state index in [-0.39, 0.29) is 18.2 Å². The third-order valence-electron chi connectivity index (χ3n) is 2.72. The Morgan fingerprint density at radius 3 is 2.74 bits per heavy atom. The Labute approximate surface area is 120 Å². The topological polar surface area (TPSA) is 27.1 Å². The maximum Gasteiger partial charge on any atom is 0.165 e. The van der Waals surface area contributed by atoms with Crippen LogP contribution >= 0.6 is 15.9 Å². The van der Waals surface area contributed by atoms with Gasteiger partial charge in [0.25, 0.3) is 0 Å². The quantitative estimate of drug-likeness (QED) is 0.774. The number of hydrogen-bond acceptors (Lipinski definition) is 2. The summed E-state index contributed by atoms with van der Waals surface area (Å²) in [6, 6.07) is 7.14. The molecule has 102 valence electrons. The number of aromatic nitrogens is 2. The Morgan fingerprint density at radius 2 is 2.16 bits per heavy atom. The average Bonchev–Trinajstić information content (AvgIpc) is 2.86. The van der Waals surface area contributed by atoms with E-state index in [4.69, 9.17) is 4.74 Å². The van der Waals surface area contributed by atoms with E-state index in [1.54, 1.807) is 6.07 Å². The predicted octanol–water partition coefficient (Wildman–Crippen LogP) is 4.08. The largest absolute Gasteiger partial charge is 0.484 e. The fraction of sp³-hybridized carbons (Fsp3) is 0.357. The van der Waals surface area contributed by atoms with Crippen LogP contribution < -0.4 is 4.74 Å². The lowest BCUT2D eigenvalue weighted by Crippen LogP contribution is -2.04. The Hall–Kier alpha value is -1.36. The Kier molecular flexibility index (Phi) is 4.58. The smallest absolute Gasteiger partial charge is 0.165 e. The number of alkyl halides is 1. The van der Waals surface area contributed by atoms with Gasteiger partial charge >= 0.3 is 0 Å². The molecule has 0 spiro atoms. The lowest BCUT2D eigenvalue weighted by Gasteiger charge is -2.07. The van der Waals surface area contributed by atoms with Gasteiger partial charge in [0.1, 0.15) is 6.61 Å². The molecule has 0 saturated carbocycles. The number of hydrogen-bond donors (Lipinski definition) is 0. The van der Waals surface area contributed by atoms with Crippen LogP contribution in [0, 0.1) is 5.82 Å². The van der Waals surface area contributed by atoms with Crippen molar-refractivity contribution >= 4 is 15.9 Å². The summed E-state index contributed by atoms with van der Waals surface area (Å²) >= 11 is 3.29. The predicted molar refractivity (Wildman–Crippen MR) is 76.0 cm³/mol. The standard InChI is InChI=1S/C14H16BrFN2O/c1-10(2)18-6-5-12(17-18)9-19-14-4-3-11(8-15)7-13(14)16/h3-7,10H,8-9H2,1-2H3. The molecule has 0 aliphatic rings.